The third-order valence-corrected chi connectivity index (χ3v) is 2.83. The van der Waals surface area contributed by atoms with E-state index in [0.29, 0.717) is 0 Å². The van der Waals surface area contributed by atoms with Crippen molar-refractivity contribution in [1.82, 2.24) is 9.13 Å². The minimum Gasteiger partial charge on any atom is -0.465 e. The van der Waals surface area contributed by atoms with Crippen molar-refractivity contribution in [2.45, 2.75) is 33.4 Å². The highest BCUT2D eigenvalue weighted by molar-refractivity contribution is 7.80. The highest BCUT2D eigenvalue weighted by Crippen LogP contribution is 2.00. The van der Waals surface area contributed by atoms with Crippen LogP contribution < -0.4 is 17.0 Å². The largest absolute Gasteiger partial charge is 0.465 e. The Bertz CT molecular complexity index is 645. The predicted octanol–water partition coefficient (Wildman–Crippen LogP) is -0.212. The van der Waals surface area contributed by atoms with Gasteiger partial charge in [0, 0.05) is 12.2 Å². The number of hydrogen-bond donors (Lipinski definition) is 1. The van der Waals surface area contributed by atoms with Crippen LogP contribution in [0.3, 0.4) is 0 Å². The van der Waals surface area contributed by atoms with E-state index >= 15 is 0 Å². The molecule has 0 fully saturated rings. The smallest absolute Gasteiger partial charge is 0.331 e. The summed E-state index contributed by atoms with van der Waals surface area (Å²) in [6.45, 7) is 4.88. The third-order valence-electron chi connectivity index (χ3n) is 2.61. The van der Waals surface area contributed by atoms with Crippen LogP contribution >= 0.6 is 12.2 Å². The second kappa shape index (κ2) is 6.47. The van der Waals surface area contributed by atoms with Crippen molar-refractivity contribution in [3.05, 3.63) is 32.6 Å². The van der Waals surface area contributed by atoms with Crippen molar-refractivity contribution in [2.24, 2.45) is 5.73 Å². The highest BCUT2D eigenvalue weighted by Gasteiger charge is 2.17. The van der Waals surface area contributed by atoms with Gasteiger partial charge in [0.2, 0.25) is 0 Å². The molecule has 0 radical (unpaired) electrons. The van der Waals surface area contributed by atoms with Crippen LogP contribution in [0.15, 0.2) is 15.8 Å². The SMILES string of the molecule is CCOC(=O)Cn1c(=O)c(C(N)=S)cn(C(C)C)c1=O. The lowest BCUT2D eigenvalue weighted by atomic mass is 10.3. The van der Waals surface area contributed by atoms with Crippen molar-refractivity contribution in [1.29, 1.82) is 0 Å². The molecule has 0 aliphatic rings. The number of ether oxygens (including phenoxy) is 1. The molecular formula is C12H17N3O4S. The van der Waals surface area contributed by atoms with Gasteiger partial charge in [-0.2, -0.15) is 0 Å². The summed E-state index contributed by atoms with van der Waals surface area (Å²) >= 11 is 4.80. The quantitative estimate of drug-likeness (QED) is 0.597. The van der Waals surface area contributed by atoms with E-state index in [0.717, 1.165) is 4.57 Å². The van der Waals surface area contributed by atoms with E-state index in [2.05, 4.69) is 0 Å². The monoisotopic (exact) mass is 299 g/mol. The van der Waals surface area contributed by atoms with Crippen LogP contribution in [0.25, 0.3) is 0 Å². The fourth-order valence-electron chi connectivity index (χ4n) is 1.64. The van der Waals surface area contributed by atoms with Gasteiger partial charge in [0.25, 0.3) is 5.56 Å². The number of nitrogens with zero attached hydrogens (tertiary/aromatic N) is 2. The molecule has 0 unspecified atom stereocenters. The van der Waals surface area contributed by atoms with Crippen LogP contribution in [-0.4, -0.2) is 26.7 Å². The van der Waals surface area contributed by atoms with Gasteiger partial charge in [0.05, 0.1) is 12.2 Å². The first-order valence-corrected chi connectivity index (χ1v) is 6.51. The molecule has 8 heteroatoms. The van der Waals surface area contributed by atoms with Crippen molar-refractivity contribution >= 4 is 23.2 Å². The molecule has 1 heterocycles. The number of aromatic nitrogens is 2. The Labute approximate surface area is 121 Å². The van der Waals surface area contributed by atoms with Gasteiger partial charge < -0.3 is 10.5 Å². The maximum Gasteiger partial charge on any atom is 0.331 e. The van der Waals surface area contributed by atoms with Gasteiger partial charge in [-0.05, 0) is 20.8 Å². The summed E-state index contributed by atoms with van der Waals surface area (Å²) in [5, 5.41) is 0. The highest BCUT2D eigenvalue weighted by atomic mass is 32.1. The normalized spacial score (nSPS) is 10.6. The lowest BCUT2D eigenvalue weighted by Crippen LogP contribution is -2.45. The number of thiocarbonyl (C=S) groups is 1. The molecule has 0 spiro atoms. The topological polar surface area (TPSA) is 96.3 Å². The maximum atomic E-state index is 12.2. The van der Waals surface area contributed by atoms with Crippen LogP contribution in [0.5, 0.6) is 0 Å². The standard InChI is InChI=1S/C12H17N3O4S/c1-4-19-9(16)6-15-11(17)8(10(13)20)5-14(7(2)3)12(15)18/h5,7H,4,6H2,1-3H3,(H2,13,20). The lowest BCUT2D eigenvalue weighted by molar-refractivity contribution is -0.143. The predicted molar refractivity (Wildman–Crippen MR) is 77.9 cm³/mol. The second-order valence-electron chi connectivity index (χ2n) is 4.39. The molecule has 0 amide bonds. The van der Waals surface area contributed by atoms with E-state index < -0.39 is 23.8 Å². The summed E-state index contributed by atoms with van der Waals surface area (Å²) < 4.78 is 6.83. The van der Waals surface area contributed by atoms with Gasteiger partial charge in [-0.1, -0.05) is 12.2 Å². The van der Waals surface area contributed by atoms with Crippen molar-refractivity contribution in [3.63, 3.8) is 0 Å². The number of esters is 1. The average molecular weight is 299 g/mol. The van der Waals surface area contributed by atoms with Crippen molar-refractivity contribution in [2.75, 3.05) is 6.61 Å². The summed E-state index contributed by atoms with van der Waals surface area (Å²) in [6, 6.07) is -0.204. The van der Waals surface area contributed by atoms with E-state index in [1.807, 2.05) is 0 Å². The Morgan fingerprint density at radius 3 is 2.50 bits per heavy atom. The van der Waals surface area contributed by atoms with E-state index in [-0.39, 0.29) is 23.2 Å². The van der Waals surface area contributed by atoms with E-state index in [4.69, 9.17) is 22.7 Å². The fraction of sp³-hybridized carbons (Fsp3) is 0.500. The van der Waals surface area contributed by atoms with Gasteiger partial charge in [-0.3, -0.25) is 14.2 Å². The van der Waals surface area contributed by atoms with Gasteiger partial charge in [-0.25, -0.2) is 9.36 Å². The minimum atomic E-state index is -0.688. The van der Waals surface area contributed by atoms with E-state index in [1.165, 1.54) is 10.8 Å². The number of nitrogens with two attached hydrogens (primary N) is 1. The Balaban J connectivity index is 3.48. The first kappa shape index (κ1) is 16.1. The molecule has 20 heavy (non-hydrogen) atoms. The minimum absolute atomic E-state index is 0.0256. The first-order valence-electron chi connectivity index (χ1n) is 6.11. The molecule has 0 aliphatic heterocycles. The number of carbonyl (C=O) groups is 1. The Morgan fingerprint density at radius 1 is 1.45 bits per heavy atom. The molecule has 110 valence electrons. The summed E-state index contributed by atoms with van der Waals surface area (Å²) in [4.78, 5) is 35.7. The van der Waals surface area contributed by atoms with Gasteiger partial charge in [0.1, 0.15) is 11.5 Å². The summed E-state index contributed by atoms with van der Waals surface area (Å²) in [5.41, 5.74) is 4.22. The zero-order valence-corrected chi connectivity index (χ0v) is 12.4. The molecule has 1 aromatic rings. The van der Waals surface area contributed by atoms with Crippen LogP contribution in [0.4, 0.5) is 0 Å². The average Bonchev–Trinajstić information content (AvgIpc) is 2.34. The number of carbonyl (C=O) groups excluding carboxylic acids is 1. The number of hydrogen-bond acceptors (Lipinski definition) is 5. The number of rotatable bonds is 5. The molecule has 2 N–H and O–H groups in total. The summed E-state index contributed by atoms with van der Waals surface area (Å²) in [5.74, 6) is -0.665. The zero-order chi connectivity index (χ0) is 15.4. The van der Waals surface area contributed by atoms with E-state index in [9.17, 15) is 14.4 Å². The molecule has 0 saturated carbocycles. The molecular weight excluding hydrogens is 282 g/mol. The third kappa shape index (κ3) is 3.32. The van der Waals surface area contributed by atoms with Crippen molar-refractivity contribution in [3.8, 4) is 0 Å². The Hall–Kier alpha value is -1.96. The van der Waals surface area contributed by atoms with E-state index in [1.54, 1.807) is 20.8 Å². The molecule has 0 aromatic carbocycles. The Kier molecular flexibility index (Phi) is 5.20. The summed E-state index contributed by atoms with van der Waals surface area (Å²) in [6.07, 6.45) is 1.32. The fourth-order valence-corrected chi connectivity index (χ4v) is 1.78. The van der Waals surface area contributed by atoms with Crippen LogP contribution in [0, 0.1) is 0 Å². The molecule has 0 aliphatic carbocycles. The maximum absolute atomic E-state index is 12.2. The van der Waals surface area contributed by atoms with Crippen LogP contribution in [0.2, 0.25) is 0 Å². The second-order valence-corrected chi connectivity index (χ2v) is 4.83. The summed E-state index contributed by atoms with van der Waals surface area (Å²) in [7, 11) is 0. The van der Waals surface area contributed by atoms with Gasteiger partial charge in [-0.15, -0.1) is 0 Å². The van der Waals surface area contributed by atoms with Crippen molar-refractivity contribution < 1.29 is 9.53 Å². The van der Waals surface area contributed by atoms with Gasteiger partial charge in [0.15, 0.2) is 0 Å². The zero-order valence-electron chi connectivity index (χ0n) is 11.6. The molecule has 1 aromatic heterocycles. The molecule has 7 nitrogen and oxygen atoms in total. The molecule has 1 rings (SSSR count). The molecule has 0 atom stereocenters. The molecule has 0 saturated heterocycles. The van der Waals surface area contributed by atoms with Crippen LogP contribution in [0.1, 0.15) is 32.4 Å². The van der Waals surface area contributed by atoms with Gasteiger partial charge >= 0.3 is 11.7 Å². The molecule has 0 bridgehead atoms. The van der Waals surface area contributed by atoms with Crippen LogP contribution in [-0.2, 0) is 16.1 Å². The lowest BCUT2D eigenvalue weighted by Gasteiger charge is -2.14. The Morgan fingerprint density at radius 2 is 2.05 bits per heavy atom. The first-order chi connectivity index (χ1) is 9.29.